The Morgan fingerprint density at radius 3 is 2.85 bits per heavy atom. The number of nitrogens with zero attached hydrogens (tertiary/aromatic N) is 2. The number of aromatic nitrogens is 2. The molecule has 0 radical (unpaired) electrons. The number of anilines is 2. The molecule has 20 heavy (non-hydrogen) atoms. The highest BCUT2D eigenvalue weighted by Gasteiger charge is 2.06. The number of halogens is 2. The van der Waals surface area contributed by atoms with Gasteiger partial charge in [0.15, 0.2) is 5.13 Å². The highest BCUT2D eigenvalue weighted by atomic mass is 35.5. The van der Waals surface area contributed by atoms with Crippen molar-refractivity contribution in [3.8, 4) is 11.3 Å². The van der Waals surface area contributed by atoms with Gasteiger partial charge in [-0.05, 0) is 24.3 Å². The van der Waals surface area contributed by atoms with Crippen molar-refractivity contribution < 1.29 is 4.39 Å². The molecule has 0 aliphatic heterocycles. The molecule has 3 rings (SSSR count). The van der Waals surface area contributed by atoms with Crippen LogP contribution in [0.5, 0.6) is 0 Å². The van der Waals surface area contributed by atoms with E-state index in [1.807, 2.05) is 29.6 Å². The molecule has 2 aromatic heterocycles. The standard InChI is InChI=1S/C14H9ClFN3S/c15-10-3-1-2-9(6-10)12-8-20-14(18-12)19-13-5-4-11(16)7-17-13/h1-8H,(H,17,18,19). The molecule has 0 saturated carbocycles. The monoisotopic (exact) mass is 305 g/mol. The summed E-state index contributed by atoms with van der Waals surface area (Å²) in [6.45, 7) is 0. The Kier molecular flexibility index (Phi) is 3.62. The predicted octanol–water partition coefficient (Wildman–Crippen LogP) is 4.74. The van der Waals surface area contributed by atoms with E-state index in [1.165, 1.54) is 17.4 Å². The number of benzene rings is 1. The summed E-state index contributed by atoms with van der Waals surface area (Å²) in [7, 11) is 0. The molecule has 6 heteroatoms. The zero-order valence-electron chi connectivity index (χ0n) is 10.2. The summed E-state index contributed by atoms with van der Waals surface area (Å²) in [6.07, 6.45) is 1.16. The van der Waals surface area contributed by atoms with Crippen LogP contribution in [-0.2, 0) is 0 Å². The molecule has 0 saturated heterocycles. The van der Waals surface area contributed by atoms with Crippen molar-refractivity contribution in [2.24, 2.45) is 0 Å². The topological polar surface area (TPSA) is 37.8 Å². The van der Waals surface area contributed by atoms with Gasteiger partial charge >= 0.3 is 0 Å². The highest BCUT2D eigenvalue weighted by molar-refractivity contribution is 7.14. The van der Waals surface area contributed by atoms with Gasteiger partial charge in [0.1, 0.15) is 11.6 Å². The third kappa shape index (κ3) is 2.95. The Labute approximate surface area is 124 Å². The maximum absolute atomic E-state index is 12.8. The molecule has 2 heterocycles. The maximum Gasteiger partial charge on any atom is 0.188 e. The number of thiazole rings is 1. The summed E-state index contributed by atoms with van der Waals surface area (Å²) in [6, 6.07) is 10.4. The average Bonchev–Trinajstić information content (AvgIpc) is 2.90. The lowest BCUT2D eigenvalue weighted by molar-refractivity contribution is 0.622. The molecule has 0 unspecified atom stereocenters. The quantitative estimate of drug-likeness (QED) is 0.759. The second kappa shape index (κ2) is 5.56. The fraction of sp³-hybridized carbons (Fsp3) is 0. The van der Waals surface area contributed by atoms with Crippen LogP contribution in [0.15, 0.2) is 48.0 Å². The Balaban J connectivity index is 1.82. The van der Waals surface area contributed by atoms with Crippen LogP contribution in [0, 0.1) is 5.82 Å². The van der Waals surface area contributed by atoms with Crippen LogP contribution in [0.1, 0.15) is 0 Å². The normalized spacial score (nSPS) is 10.5. The van der Waals surface area contributed by atoms with Crippen molar-refractivity contribution in [1.29, 1.82) is 0 Å². The van der Waals surface area contributed by atoms with Gasteiger partial charge in [-0.2, -0.15) is 0 Å². The third-order valence-corrected chi connectivity index (χ3v) is 3.58. The van der Waals surface area contributed by atoms with Crippen molar-refractivity contribution in [3.05, 3.63) is 58.8 Å². The van der Waals surface area contributed by atoms with Crippen LogP contribution in [0.3, 0.4) is 0 Å². The van der Waals surface area contributed by atoms with Gasteiger partial charge in [-0.1, -0.05) is 23.7 Å². The number of rotatable bonds is 3. The van der Waals surface area contributed by atoms with Crippen molar-refractivity contribution >= 4 is 33.9 Å². The van der Waals surface area contributed by atoms with E-state index in [-0.39, 0.29) is 5.82 Å². The molecule has 3 aromatic rings. The smallest absolute Gasteiger partial charge is 0.188 e. The van der Waals surface area contributed by atoms with Crippen LogP contribution in [0.25, 0.3) is 11.3 Å². The van der Waals surface area contributed by atoms with E-state index in [2.05, 4.69) is 15.3 Å². The van der Waals surface area contributed by atoms with E-state index in [9.17, 15) is 4.39 Å². The Hall–Kier alpha value is -1.98. The first-order valence-electron chi connectivity index (χ1n) is 5.81. The first-order chi connectivity index (χ1) is 9.70. The van der Waals surface area contributed by atoms with Gasteiger partial charge in [-0.3, -0.25) is 0 Å². The zero-order chi connectivity index (χ0) is 13.9. The summed E-state index contributed by atoms with van der Waals surface area (Å²) in [5, 5.41) is 6.33. The largest absolute Gasteiger partial charge is 0.316 e. The average molecular weight is 306 g/mol. The summed E-state index contributed by atoms with van der Waals surface area (Å²) in [5.41, 5.74) is 1.79. The van der Waals surface area contributed by atoms with Gasteiger partial charge < -0.3 is 5.32 Å². The van der Waals surface area contributed by atoms with Gasteiger partial charge in [0.2, 0.25) is 0 Å². The fourth-order valence-electron chi connectivity index (χ4n) is 1.67. The molecule has 0 atom stereocenters. The van der Waals surface area contributed by atoms with E-state index >= 15 is 0 Å². The minimum absolute atomic E-state index is 0.366. The summed E-state index contributed by atoms with van der Waals surface area (Å²) in [5.74, 6) is 0.188. The number of pyridine rings is 1. The fourth-order valence-corrected chi connectivity index (χ4v) is 2.59. The Morgan fingerprint density at radius 2 is 2.10 bits per heavy atom. The summed E-state index contributed by atoms with van der Waals surface area (Å²) >= 11 is 7.41. The summed E-state index contributed by atoms with van der Waals surface area (Å²) < 4.78 is 12.8. The van der Waals surface area contributed by atoms with E-state index in [0.29, 0.717) is 16.0 Å². The number of hydrogen-bond donors (Lipinski definition) is 1. The first kappa shape index (κ1) is 13.0. The van der Waals surface area contributed by atoms with Crippen molar-refractivity contribution in [3.63, 3.8) is 0 Å². The molecule has 100 valence electrons. The molecular formula is C14H9ClFN3S. The number of hydrogen-bond acceptors (Lipinski definition) is 4. The van der Waals surface area contributed by atoms with Crippen molar-refractivity contribution in [2.75, 3.05) is 5.32 Å². The van der Waals surface area contributed by atoms with Crippen LogP contribution in [0.2, 0.25) is 5.02 Å². The number of nitrogens with one attached hydrogen (secondary N) is 1. The van der Waals surface area contributed by atoms with Crippen LogP contribution in [0.4, 0.5) is 15.3 Å². The SMILES string of the molecule is Fc1ccc(Nc2nc(-c3cccc(Cl)c3)cs2)nc1. The molecule has 0 aliphatic carbocycles. The minimum atomic E-state index is -0.366. The molecular weight excluding hydrogens is 297 g/mol. The molecule has 0 fully saturated rings. The van der Waals surface area contributed by atoms with E-state index in [4.69, 9.17) is 11.6 Å². The van der Waals surface area contributed by atoms with E-state index in [1.54, 1.807) is 6.07 Å². The lowest BCUT2D eigenvalue weighted by Gasteiger charge is -2.00. The Morgan fingerprint density at radius 1 is 1.20 bits per heavy atom. The molecule has 0 aliphatic rings. The minimum Gasteiger partial charge on any atom is -0.316 e. The van der Waals surface area contributed by atoms with Crippen LogP contribution in [-0.4, -0.2) is 9.97 Å². The lowest BCUT2D eigenvalue weighted by Crippen LogP contribution is -1.92. The van der Waals surface area contributed by atoms with Gasteiger partial charge in [0, 0.05) is 16.0 Å². The van der Waals surface area contributed by atoms with Gasteiger partial charge in [0.25, 0.3) is 0 Å². The zero-order valence-corrected chi connectivity index (χ0v) is 11.7. The molecule has 1 aromatic carbocycles. The van der Waals surface area contributed by atoms with Crippen LogP contribution < -0.4 is 5.32 Å². The molecule has 0 amide bonds. The van der Waals surface area contributed by atoms with E-state index < -0.39 is 0 Å². The lowest BCUT2D eigenvalue weighted by atomic mass is 10.2. The molecule has 1 N–H and O–H groups in total. The van der Waals surface area contributed by atoms with E-state index in [0.717, 1.165) is 17.5 Å². The maximum atomic E-state index is 12.8. The highest BCUT2D eigenvalue weighted by Crippen LogP contribution is 2.28. The molecule has 3 nitrogen and oxygen atoms in total. The van der Waals surface area contributed by atoms with Crippen molar-refractivity contribution in [2.45, 2.75) is 0 Å². The second-order valence-corrected chi connectivity index (χ2v) is 5.33. The van der Waals surface area contributed by atoms with Gasteiger partial charge in [0.05, 0.1) is 11.9 Å². The van der Waals surface area contributed by atoms with Crippen LogP contribution >= 0.6 is 22.9 Å². The first-order valence-corrected chi connectivity index (χ1v) is 7.06. The van der Waals surface area contributed by atoms with Gasteiger partial charge in [-0.25, -0.2) is 14.4 Å². The Bertz CT molecular complexity index is 727. The third-order valence-electron chi connectivity index (χ3n) is 2.59. The predicted molar refractivity (Wildman–Crippen MR) is 80.0 cm³/mol. The molecule has 0 bridgehead atoms. The molecule has 0 spiro atoms. The van der Waals surface area contributed by atoms with Crippen molar-refractivity contribution in [1.82, 2.24) is 9.97 Å². The summed E-state index contributed by atoms with van der Waals surface area (Å²) in [4.78, 5) is 8.38. The van der Waals surface area contributed by atoms with Gasteiger partial charge in [-0.15, -0.1) is 11.3 Å². The second-order valence-electron chi connectivity index (χ2n) is 4.03.